The number of rotatable bonds is 6. The van der Waals surface area contributed by atoms with Gasteiger partial charge in [-0.15, -0.1) is 0 Å². The van der Waals surface area contributed by atoms with Crippen molar-refractivity contribution in [2.75, 3.05) is 7.11 Å². The molecule has 0 bridgehead atoms. The molecule has 0 aliphatic heterocycles. The summed E-state index contributed by atoms with van der Waals surface area (Å²) in [5.74, 6) is -0.637. The van der Waals surface area contributed by atoms with Gasteiger partial charge >= 0.3 is 12.4 Å². The number of alkyl halides is 6. The van der Waals surface area contributed by atoms with Crippen molar-refractivity contribution in [1.29, 1.82) is 0 Å². The summed E-state index contributed by atoms with van der Waals surface area (Å²) in [5.41, 5.74) is -6.93. The van der Waals surface area contributed by atoms with Crippen molar-refractivity contribution in [2.45, 2.75) is 50.1 Å². The predicted molar refractivity (Wildman–Crippen MR) is 99.6 cm³/mol. The third kappa shape index (κ3) is 5.79. The number of halogens is 8. The molecule has 0 saturated carbocycles. The Labute approximate surface area is 178 Å². The van der Waals surface area contributed by atoms with Gasteiger partial charge < -0.3 is 9.84 Å². The van der Waals surface area contributed by atoms with Crippen LogP contribution >= 0.6 is 11.6 Å². The van der Waals surface area contributed by atoms with Crippen molar-refractivity contribution < 1.29 is 40.6 Å². The van der Waals surface area contributed by atoms with E-state index in [1.54, 1.807) is 0 Å². The fraction of sp³-hybridized carbons (Fsp3) is 0.450. The summed E-state index contributed by atoms with van der Waals surface area (Å²) in [7, 11) is 1.25. The molecule has 0 fully saturated rings. The van der Waals surface area contributed by atoms with Gasteiger partial charge in [0, 0.05) is 17.7 Å². The van der Waals surface area contributed by atoms with Crippen LogP contribution in [0, 0.1) is 5.82 Å². The minimum absolute atomic E-state index is 0.0488. The van der Waals surface area contributed by atoms with Crippen molar-refractivity contribution in [3.63, 3.8) is 0 Å². The number of pyridine rings is 1. The maximum Gasteiger partial charge on any atom is 0.417 e. The maximum absolute atomic E-state index is 13.9. The summed E-state index contributed by atoms with van der Waals surface area (Å²) in [4.78, 5) is 3.52. The van der Waals surface area contributed by atoms with E-state index >= 15 is 0 Å². The number of hydrogen-bond acceptors (Lipinski definition) is 3. The topological polar surface area (TPSA) is 42.4 Å². The van der Waals surface area contributed by atoms with Crippen molar-refractivity contribution in [1.82, 2.24) is 4.98 Å². The molecule has 2 rings (SSSR count). The second-order valence-electron chi connectivity index (χ2n) is 7.78. The summed E-state index contributed by atoms with van der Waals surface area (Å²) < 4.78 is 99.6. The van der Waals surface area contributed by atoms with Gasteiger partial charge in [-0.1, -0.05) is 25.4 Å². The van der Waals surface area contributed by atoms with Crippen LogP contribution in [0.25, 0.3) is 0 Å². The Balaban J connectivity index is 2.51. The summed E-state index contributed by atoms with van der Waals surface area (Å²) in [5, 5.41) is 9.93. The molecule has 0 amide bonds. The second kappa shape index (κ2) is 8.46. The fourth-order valence-electron chi connectivity index (χ4n) is 3.40. The average Bonchev–Trinajstić information content (AvgIpc) is 2.59. The van der Waals surface area contributed by atoms with E-state index in [4.69, 9.17) is 16.3 Å². The highest BCUT2D eigenvalue weighted by Gasteiger charge is 2.56. The van der Waals surface area contributed by atoms with E-state index in [0.29, 0.717) is 12.1 Å². The lowest BCUT2D eigenvalue weighted by Gasteiger charge is -2.38. The number of aromatic nitrogens is 1. The Morgan fingerprint density at radius 1 is 1.03 bits per heavy atom. The number of methoxy groups -OCH3 is 1. The van der Waals surface area contributed by atoms with E-state index in [1.165, 1.54) is 27.0 Å². The first-order valence-electron chi connectivity index (χ1n) is 8.85. The molecule has 0 saturated heterocycles. The monoisotopic (exact) mass is 473 g/mol. The van der Waals surface area contributed by atoms with Crippen LogP contribution in [0.2, 0.25) is 5.15 Å². The standard InChI is InChI=1S/C20H19ClF7NO2/c1-17(2,14-8-12(22)4-5-15(14)31-3)10-18(30,20(26,27)28)9-13-6-11(19(23,24)25)7-16(21)29-13/h4-8,30H,9-10H2,1-3H3. The lowest BCUT2D eigenvalue weighted by molar-refractivity contribution is -0.266. The molecule has 1 heterocycles. The van der Waals surface area contributed by atoms with E-state index in [9.17, 15) is 35.8 Å². The summed E-state index contributed by atoms with van der Waals surface area (Å²) in [6.45, 7) is 2.65. The smallest absolute Gasteiger partial charge is 0.417 e. The highest BCUT2D eigenvalue weighted by atomic mass is 35.5. The van der Waals surface area contributed by atoms with Crippen LogP contribution in [0.4, 0.5) is 30.7 Å². The summed E-state index contributed by atoms with van der Waals surface area (Å²) in [6.07, 6.45) is -12.4. The Morgan fingerprint density at radius 3 is 2.16 bits per heavy atom. The molecular formula is C20H19ClF7NO2. The number of aliphatic hydroxyl groups is 1. The van der Waals surface area contributed by atoms with E-state index in [1.807, 2.05) is 0 Å². The van der Waals surface area contributed by atoms with Crippen LogP contribution in [0.1, 0.15) is 37.1 Å². The third-order valence-electron chi connectivity index (χ3n) is 4.80. The van der Waals surface area contributed by atoms with Crippen LogP contribution in [-0.2, 0) is 18.0 Å². The van der Waals surface area contributed by atoms with Crippen molar-refractivity contribution in [3.8, 4) is 5.75 Å². The largest absolute Gasteiger partial charge is 0.496 e. The van der Waals surface area contributed by atoms with Crippen LogP contribution < -0.4 is 4.74 Å². The minimum Gasteiger partial charge on any atom is -0.496 e. The van der Waals surface area contributed by atoms with Crippen molar-refractivity contribution >= 4 is 11.6 Å². The lowest BCUT2D eigenvalue weighted by Crippen LogP contribution is -2.51. The fourth-order valence-corrected chi connectivity index (χ4v) is 3.63. The first-order valence-corrected chi connectivity index (χ1v) is 9.23. The Morgan fingerprint density at radius 2 is 1.65 bits per heavy atom. The van der Waals surface area contributed by atoms with Gasteiger partial charge in [-0.2, -0.15) is 26.3 Å². The highest BCUT2D eigenvalue weighted by Crippen LogP contribution is 2.45. The zero-order valence-corrected chi connectivity index (χ0v) is 17.4. The quantitative estimate of drug-likeness (QED) is 0.407. The molecule has 31 heavy (non-hydrogen) atoms. The molecule has 11 heteroatoms. The third-order valence-corrected chi connectivity index (χ3v) is 4.99. The molecule has 3 nitrogen and oxygen atoms in total. The normalized spacial score (nSPS) is 15.0. The molecule has 1 N–H and O–H groups in total. The van der Waals surface area contributed by atoms with E-state index in [-0.39, 0.29) is 11.3 Å². The Kier molecular flexibility index (Phi) is 6.88. The van der Waals surface area contributed by atoms with Gasteiger partial charge in [-0.05, 0) is 42.2 Å². The molecule has 1 atom stereocenters. The highest BCUT2D eigenvalue weighted by molar-refractivity contribution is 6.29. The molecule has 0 aliphatic carbocycles. The van der Waals surface area contributed by atoms with Crippen molar-refractivity contribution in [2.24, 2.45) is 0 Å². The van der Waals surface area contributed by atoms with Gasteiger partial charge in [-0.25, -0.2) is 9.37 Å². The maximum atomic E-state index is 13.9. The van der Waals surface area contributed by atoms with Crippen LogP contribution in [0.5, 0.6) is 5.75 Å². The number of hydrogen-bond donors (Lipinski definition) is 1. The van der Waals surface area contributed by atoms with E-state index in [0.717, 1.165) is 12.1 Å². The Hall–Kier alpha value is -2.07. The predicted octanol–water partition coefficient (Wildman–Crippen LogP) is 6.11. The van der Waals surface area contributed by atoms with Gasteiger partial charge in [0.2, 0.25) is 0 Å². The van der Waals surface area contributed by atoms with Crippen LogP contribution in [-0.4, -0.2) is 29.0 Å². The zero-order valence-electron chi connectivity index (χ0n) is 16.6. The SMILES string of the molecule is COc1ccc(F)cc1C(C)(C)CC(O)(Cc1cc(C(F)(F)F)cc(Cl)n1)C(F)(F)F. The van der Waals surface area contributed by atoms with E-state index in [2.05, 4.69) is 4.98 Å². The first-order chi connectivity index (χ1) is 14.0. The van der Waals surface area contributed by atoms with E-state index < -0.39 is 58.4 Å². The average molecular weight is 474 g/mol. The van der Waals surface area contributed by atoms with Gasteiger partial charge in [-0.3, -0.25) is 0 Å². The summed E-state index contributed by atoms with van der Waals surface area (Å²) in [6, 6.07) is 4.14. The molecule has 1 aromatic heterocycles. The summed E-state index contributed by atoms with van der Waals surface area (Å²) >= 11 is 5.55. The first kappa shape index (κ1) is 25.2. The molecule has 0 spiro atoms. The molecule has 0 radical (unpaired) electrons. The molecular weight excluding hydrogens is 455 g/mol. The minimum atomic E-state index is -5.24. The Bertz CT molecular complexity index is 944. The van der Waals surface area contributed by atoms with Gasteiger partial charge in [0.05, 0.1) is 12.7 Å². The van der Waals surface area contributed by atoms with Gasteiger partial charge in [0.15, 0.2) is 5.60 Å². The number of ether oxygens (including phenoxy) is 1. The van der Waals surface area contributed by atoms with Crippen LogP contribution in [0.15, 0.2) is 30.3 Å². The lowest BCUT2D eigenvalue weighted by atomic mass is 9.73. The molecule has 172 valence electrons. The van der Waals surface area contributed by atoms with Gasteiger partial charge in [0.25, 0.3) is 0 Å². The number of nitrogens with zero attached hydrogens (tertiary/aromatic N) is 1. The number of benzene rings is 1. The van der Waals surface area contributed by atoms with Crippen LogP contribution in [0.3, 0.4) is 0 Å². The zero-order chi connectivity index (χ0) is 23.8. The van der Waals surface area contributed by atoms with Crippen molar-refractivity contribution in [3.05, 3.63) is 58.1 Å². The molecule has 0 aliphatic rings. The second-order valence-corrected chi connectivity index (χ2v) is 8.17. The van der Waals surface area contributed by atoms with Gasteiger partial charge in [0.1, 0.15) is 16.7 Å². The molecule has 1 aromatic carbocycles. The molecule has 1 unspecified atom stereocenters. The molecule has 2 aromatic rings.